The second kappa shape index (κ2) is 30.2. The lowest BCUT2D eigenvalue weighted by molar-refractivity contribution is -0.706. The van der Waals surface area contributed by atoms with E-state index in [1.54, 1.807) is 0 Å². The number of unbranched alkanes of at least 4 members (excludes halogenated alkanes) is 22. The first kappa shape index (κ1) is 38.2. The summed E-state index contributed by atoms with van der Waals surface area (Å²) in [6.07, 6.45) is 43.1. The van der Waals surface area contributed by atoms with Crippen LogP contribution in [-0.2, 0) is 6.54 Å². The van der Waals surface area contributed by atoms with Crippen LogP contribution in [0.2, 0.25) is 0 Å². The van der Waals surface area contributed by atoms with Crippen LogP contribution in [-0.4, -0.2) is 10.1 Å². The summed E-state index contributed by atoms with van der Waals surface area (Å²) in [5.74, 6) is 1.00. The van der Waals surface area contributed by atoms with Crippen LogP contribution in [0, 0.1) is 0 Å². The van der Waals surface area contributed by atoms with Gasteiger partial charge < -0.3 is 17.5 Å². The zero-order chi connectivity index (χ0) is 27.4. The molecule has 1 aromatic rings. The van der Waals surface area contributed by atoms with Crippen molar-refractivity contribution in [2.45, 2.75) is 193 Å². The summed E-state index contributed by atoms with van der Waals surface area (Å²) in [5, 5.41) is 10.7. The molecule has 0 aliphatic rings. The Kier molecular flexibility index (Phi) is 29.5. The summed E-state index contributed by atoms with van der Waals surface area (Å²) in [6.45, 7) is 5.59. The summed E-state index contributed by atoms with van der Waals surface area (Å²) in [4.78, 5) is 3.31. The van der Waals surface area contributed by atoms with E-state index >= 15 is 0 Å². The minimum Gasteiger partial charge on any atom is -1.00 e. The van der Waals surface area contributed by atoms with Gasteiger partial charge in [-0.25, -0.2) is 9.55 Å². The van der Waals surface area contributed by atoms with Crippen molar-refractivity contribution < 1.29 is 22.1 Å². The Balaban J connectivity index is 0.0000144. The lowest BCUT2D eigenvalue weighted by Crippen LogP contribution is -3.00. The molecule has 3 nitrogen and oxygen atoms in total. The molecule has 0 aliphatic heterocycles. The molecule has 4 heteroatoms. The van der Waals surface area contributed by atoms with E-state index in [1.165, 1.54) is 154 Å². The summed E-state index contributed by atoms with van der Waals surface area (Å²) < 4.78 is 2.25. The van der Waals surface area contributed by atoms with Crippen molar-refractivity contribution >= 4 is 0 Å². The van der Waals surface area contributed by atoms with E-state index in [4.69, 9.17) is 0 Å². The van der Waals surface area contributed by atoms with Gasteiger partial charge in [-0.1, -0.05) is 148 Å². The molecule has 0 saturated heterocycles. The van der Waals surface area contributed by atoms with Crippen LogP contribution in [0.5, 0.6) is 0 Å². The zero-order valence-corrected chi connectivity index (χ0v) is 27.0. The molecule has 1 atom stereocenters. The largest absolute Gasteiger partial charge is 1.00 e. The van der Waals surface area contributed by atoms with Gasteiger partial charge in [-0.05, 0) is 44.9 Å². The van der Waals surface area contributed by atoms with Gasteiger partial charge >= 0.3 is 0 Å². The number of aliphatic hydroxyl groups is 1. The molecule has 1 rings (SSSR count). The van der Waals surface area contributed by atoms with E-state index in [0.717, 1.165) is 25.2 Å². The van der Waals surface area contributed by atoms with Crippen molar-refractivity contribution in [3.05, 3.63) is 30.4 Å². The highest BCUT2D eigenvalue weighted by Crippen LogP contribution is 2.18. The fourth-order valence-corrected chi connectivity index (χ4v) is 5.53. The fraction of sp³-hybridized carbons (Fsp3) is 0.857. The van der Waals surface area contributed by atoms with Gasteiger partial charge in [-0.2, -0.15) is 0 Å². The second-order valence-corrected chi connectivity index (χ2v) is 11.8. The van der Waals surface area contributed by atoms with E-state index in [0.29, 0.717) is 0 Å². The van der Waals surface area contributed by atoms with Crippen molar-refractivity contribution in [1.29, 1.82) is 0 Å². The molecule has 1 aromatic heterocycles. The third-order valence-corrected chi connectivity index (χ3v) is 8.10. The van der Waals surface area contributed by atoms with Gasteiger partial charge in [0.2, 0.25) is 0 Å². The first-order chi connectivity index (χ1) is 18.8. The third-order valence-electron chi connectivity index (χ3n) is 8.10. The van der Waals surface area contributed by atoms with Crippen molar-refractivity contribution in [1.82, 2.24) is 4.98 Å². The van der Waals surface area contributed by atoms with Crippen LogP contribution in [0.25, 0.3) is 0 Å². The van der Waals surface area contributed by atoms with Crippen LogP contribution in [0.1, 0.15) is 193 Å². The number of rotatable bonds is 29. The van der Waals surface area contributed by atoms with E-state index in [-0.39, 0.29) is 18.5 Å². The second-order valence-electron chi connectivity index (χ2n) is 11.8. The first-order valence-electron chi connectivity index (χ1n) is 17.2. The highest BCUT2D eigenvalue weighted by atomic mass is 35.5. The average Bonchev–Trinajstić information content (AvgIpc) is 3.40. The van der Waals surface area contributed by atoms with Gasteiger partial charge in [0.05, 0.1) is 6.54 Å². The number of halogens is 1. The van der Waals surface area contributed by atoms with Crippen molar-refractivity contribution in [2.24, 2.45) is 0 Å². The van der Waals surface area contributed by atoms with Gasteiger partial charge in [0, 0.05) is 0 Å². The van der Waals surface area contributed by atoms with Gasteiger partial charge in [-0.3, -0.25) is 0 Å². The summed E-state index contributed by atoms with van der Waals surface area (Å²) in [6, 6.07) is 0. The fourth-order valence-electron chi connectivity index (χ4n) is 5.53. The molecule has 0 aliphatic carbocycles. The molecule has 0 radical (unpaired) electrons. The number of H-pyrrole nitrogens is 1. The molecule has 0 fully saturated rings. The van der Waals surface area contributed by atoms with Crippen LogP contribution in [0.4, 0.5) is 0 Å². The topological polar surface area (TPSA) is 39.9 Å². The Bertz CT molecular complexity index is 630. The standard InChI is InChI=1S/C35H66N2O.ClH/c1-3-5-7-9-11-13-15-16-17-18-19-21-23-25-27-29-32-37-33-31-36-35(37)34(38)30-28-26-24-22-20-14-12-10-8-6-4-2;/h16-17,31,33-34,38H,3-15,18-30,32H2,1-2H3;1H/b17-16-;. The minimum atomic E-state index is -0.349. The molecule has 0 amide bonds. The number of aryl methyl sites for hydroxylation is 1. The Hall–Kier alpha value is -0.800. The number of hydrogen-bond donors (Lipinski definition) is 2. The van der Waals surface area contributed by atoms with Crippen LogP contribution >= 0.6 is 0 Å². The maximum Gasteiger partial charge on any atom is 0.283 e. The molecule has 1 heterocycles. The number of nitrogens with zero attached hydrogens (tertiary/aromatic N) is 1. The maximum atomic E-state index is 10.7. The van der Waals surface area contributed by atoms with E-state index in [2.05, 4.69) is 41.7 Å². The lowest BCUT2D eigenvalue weighted by Gasteiger charge is -2.08. The average molecular weight is 567 g/mol. The summed E-state index contributed by atoms with van der Waals surface area (Å²) in [5.41, 5.74) is 0. The third kappa shape index (κ3) is 23.6. The molecular formula is C35H67ClN2O. The number of hydrogen-bond acceptors (Lipinski definition) is 1. The van der Waals surface area contributed by atoms with E-state index < -0.39 is 0 Å². The Labute approximate surface area is 250 Å². The number of allylic oxidation sites excluding steroid dienone is 2. The normalized spacial score (nSPS) is 12.3. The number of aromatic nitrogens is 2. The zero-order valence-electron chi connectivity index (χ0n) is 26.3. The summed E-state index contributed by atoms with van der Waals surface area (Å²) in [7, 11) is 0. The van der Waals surface area contributed by atoms with Crippen LogP contribution in [0.15, 0.2) is 24.5 Å². The molecule has 230 valence electrons. The van der Waals surface area contributed by atoms with E-state index in [1.807, 2.05) is 6.20 Å². The van der Waals surface area contributed by atoms with E-state index in [9.17, 15) is 5.11 Å². The smallest absolute Gasteiger partial charge is 0.283 e. The Morgan fingerprint density at radius 1 is 0.615 bits per heavy atom. The molecule has 2 N–H and O–H groups in total. The monoisotopic (exact) mass is 566 g/mol. The van der Waals surface area contributed by atoms with Crippen LogP contribution < -0.4 is 17.0 Å². The van der Waals surface area contributed by atoms with Crippen molar-refractivity contribution in [2.75, 3.05) is 0 Å². The van der Waals surface area contributed by atoms with Crippen molar-refractivity contribution in [3.8, 4) is 0 Å². The highest BCUT2D eigenvalue weighted by molar-refractivity contribution is 4.83. The highest BCUT2D eigenvalue weighted by Gasteiger charge is 2.19. The van der Waals surface area contributed by atoms with Gasteiger partial charge in [0.15, 0.2) is 6.10 Å². The Morgan fingerprint density at radius 3 is 1.51 bits per heavy atom. The number of nitrogens with one attached hydrogen (secondary N) is 1. The molecule has 39 heavy (non-hydrogen) atoms. The van der Waals surface area contributed by atoms with Gasteiger partial charge in [0.1, 0.15) is 12.4 Å². The molecule has 0 bridgehead atoms. The Morgan fingerprint density at radius 2 is 1.03 bits per heavy atom. The van der Waals surface area contributed by atoms with Crippen LogP contribution in [0.3, 0.4) is 0 Å². The predicted octanol–water partition coefficient (Wildman–Crippen LogP) is 8.08. The minimum absolute atomic E-state index is 0. The van der Waals surface area contributed by atoms with Gasteiger partial charge in [0.25, 0.3) is 5.82 Å². The molecular weight excluding hydrogens is 500 g/mol. The molecule has 0 spiro atoms. The SMILES string of the molecule is CCCCCCCC/C=C\CCCCCCCC[n+]1cc[nH]c1C(O)CCCCCCCCCCCCC.[Cl-]. The number of imidazole rings is 1. The predicted molar refractivity (Wildman–Crippen MR) is 166 cm³/mol. The lowest BCUT2D eigenvalue weighted by atomic mass is 10.0. The first-order valence-corrected chi connectivity index (χ1v) is 17.2. The van der Waals surface area contributed by atoms with Gasteiger partial charge in [-0.15, -0.1) is 0 Å². The quantitative estimate of drug-likeness (QED) is 0.0574. The summed E-state index contributed by atoms with van der Waals surface area (Å²) >= 11 is 0. The number of aliphatic hydroxyl groups excluding tert-OH is 1. The molecule has 1 unspecified atom stereocenters. The maximum absolute atomic E-state index is 10.7. The molecule has 0 saturated carbocycles. The number of aromatic amines is 1. The molecule has 0 aromatic carbocycles. The van der Waals surface area contributed by atoms with Crippen molar-refractivity contribution in [3.63, 3.8) is 0 Å².